The second-order valence-electron chi connectivity index (χ2n) is 21.6. The van der Waals surface area contributed by atoms with Gasteiger partial charge < -0.3 is 14.2 Å². The minimum Gasteiger partial charge on any atom is -0.462 e. The first kappa shape index (κ1) is 75.5. The molecule has 0 fully saturated rings. The molecule has 0 aromatic heterocycles. The van der Waals surface area contributed by atoms with E-state index in [9.17, 15) is 14.4 Å². The first-order valence-electron chi connectivity index (χ1n) is 33.2. The Morgan fingerprint density at radius 2 is 0.487 bits per heavy atom. The highest BCUT2D eigenvalue weighted by molar-refractivity contribution is 5.71. The molecule has 0 aliphatic heterocycles. The van der Waals surface area contributed by atoms with E-state index in [0.29, 0.717) is 19.3 Å². The van der Waals surface area contributed by atoms with Crippen LogP contribution < -0.4 is 0 Å². The minimum absolute atomic E-state index is 0.0893. The fourth-order valence-electron chi connectivity index (χ4n) is 8.94. The predicted molar refractivity (Wildman–Crippen MR) is 348 cm³/mol. The molecule has 0 bridgehead atoms. The van der Waals surface area contributed by atoms with Crippen molar-refractivity contribution in [2.75, 3.05) is 13.2 Å². The van der Waals surface area contributed by atoms with Crippen LogP contribution in [-0.4, -0.2) is 37.2 Å². The molecule has 0 N–H and O–H groups in total. The van der Waals surface area contributed by atoms with Crippen molar-refractivity contribution in [1.82, 2.24) is 0 Å². The van der Waals surface area contributed by atoms with E-state index >= 15 is 0 Å². The van der Waals surface area contributed by atoms with Gasteiger partial charge in [0.1, 0.15) is 13.2 Å². The topological polar surface area (TPSA) is 78.9 Å². The molecule has 1 atom stereocenters. The third kappa shape index (κ3) is 64.4. The number of esters is 3. The molecular weight excluding hydrogens is 985 g/mol. The fraction of sp³-hybridized carbons (Fsp3) is 0.662. The van der Waals surface area contributed by atoms with Gasteiger partial charge >= 0.3 is 17.9 Å². The molecule has 0 heterocycles. The maximum atomic E-state index is 12.9. The van der Waals surface area contributed by atoms with Gasteiger partial charge in [0.2, 0.25) is 0 Å². The number of hydrogen-bond acceptors (Lipinski definition) is 6. The third-order valence-electron chi connectivity index (χ3n) is 13.9. The fourth-order valence-corrected chi connectivity index (χ4v) is 8.94. The van der Waals surface area contributed by atoms with Crippen LogP contribution in [0.1, 0.15) is 297 Å². The summed E-state index contributed by atoms with van der Waals surface area (Å²) in [6, 6.07) is 0. The minimum atomic E-state index is -0.795. The second kappa shape index (κ2) is 67.1. The van der Waals surface area contributed by atoms with Crippen molar-refractivity contribution in [3.8, 4) is 0 Å². The molecule has 6 nitrogen and oxygen atoms in total. The number of carbonyl (C=O) groups excluding carboxylic acids is 3. The van der Waals surface area contributed by atoms with Crippen LogP contribution in [0.3, 0.4) is 0 Å². The van der Waals surface area contributed by atoms with Crippen LogP contribution in [-0.2, 0) is 28.6 Å². The molecule has 454 valence electrons. The summed E-state index contributed by atoms with van der Waals surface area (Å²) in [5, 5.41) is 0. The largest absolute Gasteiger partial charge is 0.462 e. The molecule has 0 aromatic carbocycles. The number of carbonyl (C=O) groups is 3. The third-order valence-corrected chi connectivity index (χ3v) is 13.9. The smallest absolute Gasteiger partial charge is 0.306 e. The zero-order chi connectivity index (χ0) is 57.8. The van der Waals surface area contributed by atoms with Crippen molar-refractivity contribution in [2.24, 2.45) is 0 Å². The Bertz CT molecular complexity index is 1700. The number of rotatable bonds is 59. The lowest BCUT2D eigenvalue weighted by atomic mass is 10.0. The summed E-state index contributed by atoms with van der Waals surface area (Å²) < 4.78 is 16.9. The van der Waals surface area contributed by atoms with E-state index in [-0.39, 0.29) is 31.1 Å². The highest BCUT2D eigenvalue weighted by atomic mass is 16.6. The number of allylic oxidation sites excluding steroid dienone is 22. The van der Waals surface area contributed by atoms with Gasteiger partial charge in [0.15, 0.2) is 6.10 Å². The Hall–Kier alpha value is -4.45. The Kier molecular flexibility index (Phi) is 63.3. The van der Waals surface area contributed by atoms with Crippen molar-refractivity contribution in [1.29, 1.82) is 0 Å². The van der Waals surface area contributed by atoms with Gasteiger partial charge in [-0.1, -0.05) is 289 Å². The Balaban J connectivity index is 4.30. The van der Waals surface area contributed by atoms with Crippen LogP contribution in [0.25, 0.3) is 0 Å². The van der Waals surface area contributed by atoms with Gasteiger partial charge in [-0.2, -0.15) is 0 Å². The Morgan fingerprint density at radius 3 is 0.775 bits per heavy atom. The van der Waals surface area contributed by atoms with E-state index in [0.717, 1.165) is 148 Å². The summed E-state index contributed by atoms with van der Waals surface area (Å²) in [6.45, 7) is 6.50. The highest BCUT2D eigenvalue weighted by Crippen LogP contribution is 2.15. The molecule has 0 aromatic rings. The van der Waals surface area contributed by atoms with Gasteiger partial charge in [-0.25, -0.2) is 0 Å². The zero-order valence-electron chi connectivity index (χ0n) is 52.0. The molecule has 80 heavy (non-hydrogen) atoms. The summed E-state index contributed by atoms with van der Waals surface area (Å²) in [7, 11) is 0. The lowest BCUT2D eigenvalue weighted by Crippen LogP contribution is -2.30. The maximum absolute atomic E-state index is 12.9. The van der Waals surface area contributed by atoms with E-state index in [2.05, 4.69) is 154 Å². The quantitative estimate of drug-likeness (QED) is 0.0261. The van der Waals surface area contributed by atoms with Crippen LogP contribution in [0.4, 0.5) is 0 Å². The van der Waals surface area contributed by atoms with Gasteiger partial charge in [0.25, 0.3) is 0 Å². The summed E-state index contributed by atoms with van der Waals surface area (Å²) >= 11 is 0. The highest BCUT2D eigenvalue weighted by Gasteiger charge is 2.19. The van der Waals surface area contributed by atoms with Gasteiger partial charge in [-0.05, 0) is 122 Å². The van der Waals surface area contributed by atoms with E-state index in [1.807, 2.05) is 0 Å². The molecule has 0 radical (unpaired) electrons. The molecule has 0 rings (SSSR count). The first-order chi connectivity index (χ1) is 39.5. The van der Waals surface area contributed by atoms with Crippen LogP contribution in [0.15, 0.2) is 134 Å². The first-order valence-corrected chi connectivity index (χ1v) is 33.2. The summed E-state index contributed by atoms with van der Waals surface area (Å²) in [5.41, 5.74) is 0. The van der Waals surface area contributed by atoms with E-state index in [1.54, 1.807) is 0 Å². The van der Waals surface area contributed by atoms with Crippen molar-refractivity contribution >= 4 is 17.9 Å². The summed E-state index contributed by atoms with van der Waals surface area (Å²) in [6.07, 6.45) is 94.6. The zero-order valence-corrected chi connectivity index (χ0v) is 52.0. The molecule has 0 aliphatic carbocycles. The van der Waals surface area contributed by atoms with Gasteiger partial charge in [0, 0.05) is 19.3 Å². The van der Waals surface area contributed by atoms with Crippen molar-refractivity contribution in [2.45, 2.75) is 303 Å². The molecular formula is C74H122O6. The molecule has 0 saturated heterocycles. The van der Waals surface area contributed by atoms with Gasteiger partial charge in [-0.3, -0.25) is 14.4 Å². The Morgan fingerprint density at radius 1 is 0.263 bits per heavy atom. The molecule has 0 amide bonds. The predicted octanol–water partition coefficient (Wildman–Crippen LogP) is 22.9. The number of unbranched alkanes of at least 4 members (excludes halogenated alkanes) is 26. The molecule has 0 spiro atoms. The van der Waals surface area contributed by atoms with Crippen molar-refractivity contribution in [3.63, 3.8) is 0 Å². The molecule has 6 heteroatoms. The Labute approximate surface area is 494 Å². The molecule has 0 saturated carbocycles. The van der Waals surface area contributed by atoms with Crippen LogP contribution in [0.5, 0.6) is 0 Å². The van der Waals surface area contributed by atoms with Crippen LogP contribution in [0.2, 0.25) is 0 Å². The summed E-state index contributed by atoms with van der Waals surface area (Å²) in [5.74, 6) is -0.920. The number of hydrogen-bond donors (Lipinski definition) is 0. The van der Waals surface area contributed by atoms with E-state index in [1.165, 1.54) is 109 Å². The van der Waals surface area contributed by atoms with Crippen LogP contribution >= 0.6 is 0 Å². The average molecular weight is 1110 g/mol. The number of ether oxygens (including phenoxy) is 3. The standard InChI is InChI=1S/C74H122O6/c1-4-7-10-13-16-19-22-25-27-28-29-30-31-32-33-34-35-36-37-38-39-40-41-42-43-44-45-46-48-49-52-55-58-61-64-67-73(76)79-70-71(69-78-72(75)66-63-60-57-54-51-24-21-18-15-12-9-6-3)80-74(77)68-65-62-59-56-53-50-47-26-23-20-17-14-11-8-5-2/h7,10,16,19,25-27,29-30,32-33,35-36,38-39,41-42,44-45,47-49,71H,4-6,8-9,11-15,17-18,20-24,28,31,34,37,40,43,46,50-70H2,1-3H3/b10-7-,19-16-,27-25-,30-29-,33-32-,36-35-,39-38-,42-41-,45-44-,47-26-,49-48-. The van der Waals surface area contributed by atoms with Gasteiger partial charge in [0.05, 0.1) is 0 Å². The van der Waals surface area contributed by atoms with Gasteiger partial charge in [-0.15, -0.1) is 0 Å². The van der Waals surface area contributed by atoms with E-state index in [4.69, 9.17) is 14.2 Å². The lowest BCUT2D eigenvalue weighted by Gasteiger charge is -2.18. The van der Waals surface area contributed by atoms with Crippen molar-refractivity contribution < 1.29 is 28.6 Å². The average Bonchev–Trinajstić information content (AvgIpc) is 3.46. The molecule has 1 unspecified atom stereocenters. The molecule has 0 aliphatic rings. The van der Waals surface area contributed by atoms with E-state index < -0.39 is 6.10 Å². The summed E-state index contributed by atoms with van der Waals surface area (Å²) in [4.78, 5) is 38.2. The normalized spacial score (nSPS) is 13.0. The SMILES string of the molecule is CC/C=C\C/C=C\C/C=C\C/C=C\C/C=C\C/C=C\C/C=C\C/C=C\C/C=C\C/C=C\CCCCCCC(=O)OCC(COC(=O)CCCCCCCCCCCCCC)OC(=O)CCCCCCC/C=C\CCCCCCCC. The van der Waals surface area contributed by atoms with Crippen LogP contribution in [0, 0.1) is 0 Å². The monoisotopic (exact) mass is 1110 g/mol. The lowest BCUT2D eigenvalue weighted by molar-refractivity contribution is -0.167. The second-order valence-corrected chi connectivity index (χ2v) is 21.6. The maximum Gasteiger partial charge on any atom is 0.306 e. The van der Waals surface area contributed by atoms with Crippen molar-refractivity contribution in [3.05, 3.63) is 134 Å².